The van der Waals surface area contributed by atoms with Crippen LogP contribution in [-0.4, -0.2) is 0 Å². The number of hydrogen-bond donors (Lipinski definition) is 0. The lowest BCUT2D eigenvalue weighted by atomic mass is 9.96. The molecular weight excluding hydrogens is 623 g/mol. The summed E-state index contributed by atoms with van der Waals surface area (Å²) < 4.78 is 2.62. The summed E-state index contributed by atoms with van der Waals surface area (Å²) in [5, 5.41) is 10.1. The third kappa shape index (κ3) is 4.69. The van der Waals surface area contributed by atoms with Gasteiger partial charge in [-0.15, -0.1) is 11.3 Å². The molecule has 0 saturated carbocycles. The van der Waals surface area contributed by atoms with Crippen molar-refractivity contribution in [1.29, 1.82) is 0 Å². The summed E-state index contributed by atoms with van der Waals surface area (Å²) in [6, 6.07) is 68.7. The lowest BCUT2D eigenvalue weighted by Gasteiger charge is -2.29. The second-order valence-electron chi connectivity index (χ2n) is 12.9. The monoisotopic (exact) mass is 653 g/mol. The molecule has 0 amide bonds. The largest absolute Gasteiger partial charge is 0.309 e. The van der Waals surface area contributed by atoms with E-state index < -0.39 is 0 Å². The zero-order valence-electron chi connectivity index (χ0n) is 27.3. The Hall–Kier alpha value is -6.22. The first-order chi connectivity index (χ1) is 24.8. The highest BCUT2D eigenvalue weighted by atomic mass is 32.1. The molecule has 2 heteroatoms. The SMILES string of the molecule is c1ccc(-c2cccc(N(c3cccc4ccccc34)c3cc4c5cc(-c6cccc7ccccc67)ccc5sc4c4ccccc34)c2)cc1. The molecule has 0 atom stereocenters. The summed E-state index contributed by atoms with van der Waals surface area (Å²) in [4.78, 5) is 2.48. The van der Waals surface area contributed by atoms with Crippen molar-refractivity contribution in [1.82, 2.24) is 0 Å². The molecule has 0 aliphatic carbocycles. The molecule has 0 aliphatic heterocycles. The van der Waals surface area contributed by atoms with Crippen LogP contribution in [0.4, 0.5) is 17.1 Å². The highest BCUT2D eigenvalue weighted by Gasteiger charge is 2.21. The van der Waals surface area contributed by atoms with Gasteiger partial charge in [0.05, 0.1) is 11.4 Å². The number of nitrogens with zero attached hydrogens (tertiary/aromatic N) is 1. The molecule has 0 saturated heterocycles. The topological polar surface area (TPSA) is 3.24 Å². The molecule has 50 heavy (non-hydrogen) atoms. The minimum Gasteiger partial charge on any atom is -0.309 e. The van der Waals surface area contributed by atoms with Gasteiger partial charge in [0.25, 0.3) is 0 Å². The van der Waals surface area contributed by atoms with Gasteiger partial charge in [-0.3, -0.25) is 0 Å². The van der Waals surface area contributed by atoms with Crippen LogP contribution in [0.1, 0.15) is 0 Å². The molecule has 234 valence electrons. The Morgan fingerprint density at radius 1 is 0.340 bits per heavy atom. The van der Waals surface area contributed by atoms with E-state index in [4.69, 9.17) is 0 Å². The van der Waals surface area contributed by atoms with Crippen LogP contribution >= 0.6 is 11.3 Å². The van der Waals surface area contributed by atoms with Crippen LogP contribution in [0, 0.1) is 0 Å². The van der Waals surface area contributed by atoms with Crippen LogP contribution in [0.15, 0.2) is 188 Å². The lowest BCUT2D eigenvalue weighted by molar-refractivity contribution is 1.32. The number of fused-ring (bicyclic) bond motifs is 7. The molecule has 0 bridgehead atoms. The molecule has 0 fully saturated rings. The van der Waals surface area contributed by atoms with E-state index in [2.05, 4.69) is 193 Å². The standard InChI is InChI=1S/C48H31NS/c1-2-13-32(14-3-1)35-19-10-20-37(29-35)49(45-26-12-18-34-16-5-7-22-40(34)45)46-31-44-43-30-36(39-25-11-17-33-15-4-6-21-38(33)39)27-28-47(43)50-48(44)42-24-9-8-23-41(42)46/h1-31H. The zero-order valence-corrected chi connectivity index (χ0v) is 28.1. The van der Waals surface area contributed by atoms with Crippen molar-refractivity contribution in [3.63, 3.8) is 0 Å². The first-order valence-corrected chi connectivity index (χ1v) is 17.9. The molecule has 0 spiro atoms. The van der Waals surface area contributed by atoms with Gasteiger partial charge < -0.3 is 4.90 Å². The number of hydrogen-bond acceptors (Lipinski definition) is 2. The smallest absolute Gasteiger partial charge is 0.0547 e. The fourth-order valence-corrected chi connectivity index (χ4v) is 8.88. The fraction of sp³-hybridized carbons (Fsp3) is 0. The molecule has 9 aromatic carbocycles. The molecular formula is C48H31NS. The first kappa shape index (κ1) is 28.8. The molecule has 0 unspecified atom stereocenters. The second kappa shape index (κ2) is 11.7. The molecule has 1 nitrogen and oxygen atoms in total. The van der Waals surface area contributed by atoms with Gasteiger partial charge in [0.1, 0.15) is 0 Å². The quantitative estimate of drug-likeness (QED) is 0.179. The predicted molar refractivity (Wildman–Crippen MR) is 217 cm³/mol. The van der Waals surface area contributed by atoms with E-state index in [-0.39, 0.29) is 0 Å². The van der Waals surface area contributed by atoms with E-state index in [1.54, 1.807) is 0 Å². The molecule has 0 N–H and O–H groups in total. The van der Waals surface area contributed by atoms with Gasteiger partial charge in [-0.2, -0.15) is 0 Å². The summed E-state index contributed by atoms with van der Waals surface area (Å²) in [7, 11) is 0. The van der Waals surface area contributed by atoms with Crippen molar-refractivity contribution in [2.45, 2.75) is 0 Å². The highest BCUT2D eigenvalue weighted by molar-refractivity contribution is 7.26. The number of rotatable bonds is 5. The van der Waals surface area contributed by atoms with Crippen molar-refractivity contribution >= 4 is 80.9 Å². The lowest BCUT2D eigenvalue weighted by Crippen LogP contribution is -2.11. The van der Waals surface area contributed by atoms with Gasteiger partial charge in [-0.1, -0.05) is 152 Å². The van der Waals surface area contributed by atoms with Gasteiger partial charge in [-0.05, 0) is 74.8 Å². The summed E-state index contributed by atoms with van der Waals surface area (Å²) in [6.45, 7) is 0. The van der Waals surface area contributed by atoms with E-state index in [0.717, 1.165) is 11.4 Å². The van der Waals surface area contributed by atoms with Gasteiger partial charge >= 0.3 is 0 Å². The van der Waals surface area contributed by atoms with Crippen LogP contribution in [-0.2, 0) is 0 Å². The highest BCUT2D eigenvalue weighted by Crippen LogP contribution is 2.48. The summed E-state index contributed by atoms with van der Waals surface area (Å²) in [5.74, 6) is 0. The Bertz CT molecular complexity index is 2870. The minimum absolute atomic E-state index is 1.13. The Kier molecular flexibility index (Phi) is 6.75. The maximum absolute atomic E-state index is 2.48. The Labute approximate surface area is 294 Å². The van der Waals surface area contributed by atoms with Crippen LogP contribution in [0.25, 0.3) is 74.7 Å². The van der Waals surface area contributed by atoms with Crippen molar-refractivity contribution in [2.24, 2.45) is 0 Å². The first-order valence-electron chi connectivity index (χ1n) is 17.1. The van der Waals surface area contributed by atoms with E-state index in [1.807, 2.05) is 11.3 Å². The third-order valence-corrected chi connectivity index (χ3v) is 11.2. The number of benzene rings is 9. The van der Waals surface area contributed by atoms with Crippen LogP contribution < -0.4 is 4.90 Å². The number of thiophene rings is 1. The average molecular weight is 654 g/mol. The Morgan fingerprint density at radius 2 is 0.980 bits per heavy atom. The molecule has 10 rings (SSSR count). The van der Waals surface area contributed by atoms with E-state index in [0.29, 0.717) is 0 Å². The van der Waals surface area contributed by atoms with E-state index in [9.17, 15) is 0 Å². The summed E-state index contributed by atoms with van der Waals surface area (Å²) >= 11 is 1.89. The molecule has 1 aromatic heterocycles. The minimum atomic E-state index is 1.13. The summed E-state index contributed by atoms with van der Waals surface area (Å²) in [5.41, 5.74) is 8.37. The third-order valence-electron chi connectivity index (χ3n) is 10.0. The zero-order chi connectivity index (χ0) is 33.0. The molecule has 0 aliphatic rings. The van der Waals surface area contributed by atoms with Crippen LogP contribution in [0.3, 0.4) is 0 Å². The van der Waals surface area contributed by atoms with E-state index in [1.165, 1.54) is 80.4 Å². The van der Waals surface area contributed by atoms with Gasteiger partial charge in [0, 0.05) is 42.0 Å². The fourth-order valence-electron chi connectivity index (χ4n) is 7.68. The van der Waals surface area contributed by atoms with Gasteiger partial charge in [0.2, 0.25) is 0 Å². The second-order valence-corrected chi connectivity index (χ2v) is 14.0. The van der Waals surface area contributed by atoms with Crippen molar-refractivity contribution in [3.8, 4) is 22.3 Å². The molecule has 1 heterocycles. The Morgan fingerprint density at radius 3 is 1.82 bits per heavy atom. The van der Waals surface area contributed by atoms with Gasteiger partial charge in [-0.25, -0.2) is 0 Å². The van der Waals surface area contributed by atoms with Crippen LogP contribution in [0.5, 0.6) is 0 Å². The Balaban J connectivity index is 1.27. The molecule has 0 radical (unpaired) electrons. The average Bonchev–Trinajstić information content (AvgIpc) is 3.56. The van der Waals surface area contributed by atoms with E-state index >= 15 is 0 Å². The molecule has 10 aromatic rings. The van der Waals surface area contributed by atoms with Crippen molar-refractivity contribution in [2.75, 3.05) is 4.90 Å². The van der Waals surface area contributed by atoms with Crippen molar-refractivity contribution < 1.29 is 0 Å². The predicted octanol–water partition coefficient (Wildman–Crippen LogP) is 14.3. The van der Waals surface area contributed by atoms with Gasteiger partial charge in [0.15, 0.2) is 0 Å². The van der Waals surface area contributed by atoms with Crippen molar-refractivity contribution in [3.05, 3.63) is 188 Å². The van der Waals surface area contributed by atoms with Crippen LogP contribution in [0.2, 0.25) is 0 Å². The normalized spacial score (nSPS) is 11.6. The summed E-state index contributed by atoms with van der Waals surface area (Å²) in [6.07, 6.45) is 0. The maximum atomic E-state index is 2.48. The maximum Gasteiger partial charge on any atom is 0.0547 e. The number of anilines is 3.